The number of unbranched alkanes of at least 4 members (excludes halogenated alkanes) is 2. The van der Waals surface area contributed by atoms with Crippen molar-refractivity contribution in [2.24, 2.45) is 23.3 Å². The molecular weight excluding hydrogens is 912 g/mol. The van der Waals surface area contributed by atoms with Crippen LogP contribution in [0.3, 0.4) is 0 Å². The molecule has 69 heavy (non-hydrogen) atoms. The molecule has 370 valence electrons. The van der Waals surface area contributed by atoms with Crippen molar-refractivity contribution >= 4 is 43.0 Å². The van der Waals surface area contributed by atoms with E-state index in [1.54, 1.807) is 12.1 Å². The van der Waals surface area contributed by atoms with Gasteiger partial charge in [-0.15, -0.1) is 0 Å². The smallest absolute Gasteiger partial charge is 0.399 e. The number of amides is 4. The van der Waals surface area contributed by atoms with Gasteiger partial charge in [-0.1, -0.05) is 98.8 Å². The van der Waals surface area contributed by atoms with Crippen molar-refractivity contribution in [2.45, 2.75) is 102 Å². The number of halogens is 2. The van der Waals surface area contributed by atoms with E-state index in [1.807, 2.05) is 67.6 Å². The molecule has 5 rings (SSSR count). The Morgan fingerprint density at radius 3 is 1.90 bits per heavy atom. The predicted molar refractivity (Wildman–Crippen MR) is 256 cm³/mol. The Balaban J connectivity index is 1.34. The highest BCUT2D eigenvalue weighted by Crippen LogP contribution is 2.59. The Morgan fingerprint density at radius 1 is 0.754 bits per heavy atom. The third-order valence-corrected chi connectivity index (χ3v) is 13.4. The first kappa shape index (κ1) is 53.8. The fraction of sp³-hybridized carbons (Fsp3) is 0.412. The van der Waals surface area contributed by atoms with Gasteiger partial charge in [-0.25, -0.2) is 0 Å². The van der Waals surface area contributed by atoms with Crippen LogP contribution in [0.5, 0.6) is 0 Å². The Bertz CT molecular complexity index is 2440. The van der Waals surface area contributed by atoms with E-state index in [4.69, 9.17) is 16.2 Å². The van der Waals surface area contributed by atoms with Crippen LogP contribution in [-0.4, -0.2) is 76.9 Å². The Kier molecular flexibility index (Phi) is 19.5. The van der Waals surface area contributed by atoms with Crippen molar-refractivity contribution < 1.29 is 56.6 Å². The highest BCUT2D eigenvalue weighted by Gasteiger charge is 2.50. The molecule has 0 saturated heterocycles. The number of carbonyl (C=O) groups excluding carboxylic acids is 6. The number of ether oxygens (including phenoxy) is 1. The van der Waals surface area contributed by atoms with Gasteiger partial charge in [0.05, 0.1) is 18.4 Å². The van der Waals surface area contributed by atoms with Crippen LogP contribution in [0.1, 0.15) is 109 Å². The topological polar surface area (TPSA) is 257 Å². The van der Waals surface area contributed by atoms with E-state index in [9.17, 15) is 51.9 Å². The number of benzene rings is 4. The summed E-state index contributed by atoms with van der Waals surface area (Å²) in [6.07, 6.45) is 1.87. The zero-order valence-corrected chi connectivity index (χ0v) is 39.7. The van der Waals surface area contributed by atoms with E-state index in [0.717, 1.165) is 46.4 Å². The molecule has 0 fully saturated rings. The molecule has 0 spiro atoms. The summed E-state index contributed by atoms with van der Waals surface area (Å²) in [5, 5.41) is 8.23. The molecule has 4 amide bonds. The minimum Gasteiger partial charge on any atom is -0.465 e. The minimum absolute atomic E-state index is 0.0569. The van der Waals surface area contributed by atoms with Crippen LogP contribution in [0.15, 0.2) is 97.1 Å². The maximum atomic E-state index is 14.6. The summed E-state index contributed by atoms with van der Waals surface area (Å²) in [5.41, 5.74) is 11.4. The molecule has 1 aliphatic carbocycles. The Labute approximate surface area is 400 Å². The van der Waals surface area contributed by atoms with Gasteiger partial charge < -0.3 is 41.9 Å². The second-order valence-corrected chi connectivity index (χ2v) is 19.1. The van der Waals surface area contributed by atoms with E-state index < -0.39 is 78.6 Å². The quantitative estimate of drug-likeness (QED) is 0.0202. The number of esters is 1. The lowest BCUT2D eigenvalue weighted by molar-refractivity contribution is -0.147. The summed E-state index contributed by atoms with van der Waals surface area (Å²) in [7, 11) is -5.88. The van der Waals surface area contributed by atoms with Crippen molar-refractivity contribution in [1.82, 2.24) is 16.0 Å². The molecule has 0 bridgehead atoms. The predicted octanol–water partition coefficient (Wildman–Crippen LogP) is 6.16. The first-order valence-corrected chi connectivity index (χ1v) is 24.8. The number of hydrogen-bond acceptors (Lipinski definition) is 9. The van der Waals surface area contributed by atoms with Gasteiger partial charge in [0.15, 0.2) is 5.78 Å². The molecule has 4 aromatic rings. The summed E-state index contributed by atoms with van der Waals surface area (Å²) < 4.78 is 46.6. The summed E-state index contributed by atoms with van der Waals surface area (Å²) in [6, 6.07) is 24.4. The molecule has 0 radical (unpaired) electrons. The fourth-order valence-corrected chi connectivity index (χ4v) is 8.81. The average Bonchev–Trinajstić information content (AvgIpc) is 3.65. The lowest BCUT2D eigenvalue weighted by atomic mass is 9.92. The monoisotopic (exact) mass is 973 g/mol. The number of rotatable bonds is 27. The zero-order valence-electron chi connectivity index (χ0n) is 38.8. The number of aryl methyl sites for hydroxylation is 1. The fourth-order valence-electron chi connectivity index (χ4n) is 8.33. The zero-order chi connectivity index (χ0) is 50.3. The summed E-state index contributed by atoms with van der Waals surface area (Å²) in [4.78, 5) is 99.1. The minimum atomic E-state index is -5.88. The van der Waals surface area contributed by atoms with Gasteiger partial charge in [-0.05, 0) is 103 Å². The number of carbonyl (C=O) groups is 6. The lowest BCUT2D eigenvalue weighted by Crippen LogP contribution is -2.48. The van der Waals surface area contributed by atoms with E-state index in [1.165, 1.54) is 19.1 Å². The molecule has 0 heterocycles. The van der Waals surface area contributed by atoms with Crippen molar-refractivity contribution in [3.05, 3.63) is 130 Å². The van der Waals surface area contributed by atoms with Crippen LogP contribution >= 0.6 is 7.60 Å². The second kappa shape index (κ2) is 24.9. The van der Waals surface area contributed by atoms with Crippen molar-refractivity contribution in [3.8, 4) is 11.1 Å². The van der Waals surface area contributed by atoms with Crippen molar-refractivity contribution in [2.75, 3.05) is 19.7 Å². The van der Waals surface area contributed by atoms with Crippen LogP contribution in [-0.2, 0) is 51.8 Å². The molecule has 0 saturated carbocycles. The number of nitrogens with one attached hydrogen (secondary N) is 3. The summed E-state index contributed by atoms with van der Waals surface area (Å²) in [6.45, 7) is 4.06. The summed E-state index contributed by atoms with van der Waals surface area (Å²) >= 11 is 0. The van der Waals surface area contributed by atoms with Crippen molar-refractivity contribution in [1.29, 1.82) is 0 Å². The van der Waals surface area contributed by atoms with Gasteiger partial charge in [-0.3, -0.25) is 33.3 Å². The summed E-state index contributed by atoms with van der Waals surface area (Å²) in [5.74, 6) is -6.21. The molecule has 4 unspecified atom stereocenters. The highest BCUT2D eigenvalue weighted by molar-refractivity contribution is 7.52. The largest absolute Gasteiger partial charge is 0.465 e. The molecule has 9 N–H and O–H groups in total. The van der Waals surface area contributed by atoms with Crippen LogP contribution < -0.4 is 27.4 Å². The number of ketones is 1. The van der Waals surface area contributed by atoms with Gasteiger partial charge in [0.2, 0.25) is 17.7 Å². The first-order chi connectivity index (χ1) is 32.8. The lowest BCUT2D eigenvalue weighted by Gasteiger charge is -2.24. The van der Waals surface area contributed by atoms with Gasteiger partial charge in [-0.2, -0.15) is 8.78 Å². The number of Topliss-reactive ketones (excluding diaryl/α,β-unsaturated/α-hetero) is 1. The Morgan fingerprint density at radius 2 is 1.32 bits per heavy atom. The second-order valence-electron chi connectivity index (χ2n) is 17.5. The number of nitrogens with two attached hydrogens (primary N) is 2. The Hall–Kier alpha value is -6.13. The molecule has 18 heteroatoms. The highest BCUT2D eigenvalue weighted by atomic mass is 31.2. The molecule has 4 atom stereocenters. The van der Waals surface area contributed by atoms with E-state index in [2.05, 4.69) is 16.0 Å². The van der Waals surface area contributed by atoms with E-state index in [0.29, 0.717) is 37.8 Å². The van der Waals surface area contributed by atoms with Gasteiger partial charge in [0.25, 0.3) is 5.91 Å². The maximum absolute atomic E-state index is 14.6. The number of alkyl halides is 2. The number of primary amides is 1. The normalized spacial score (nSPS) is 14.1. The molecule has 4 aromatic carbocycles. The third kappa shape index (κ3) is 14.7. The molecule has 15 nitrogen and oxygen atoms in total. The maximum Gasteiger partial charge on any atom is 0.399 e. The van der Waals surface area contributed by atoms with Gasteiger partial charge in [0, 0.05) is 35.9 Å². The third-order valence-electron chi connectivity index (χ3n) is 12.4. The van der Waals surface area contributed by atoms with Crippen molar-refractivity contribution in [3.63, 3.8) is 0 Å². The first-order valence-electron chi connectivity index (χ1n) is 23.2. The number of hydrogen-bond donors (Lipinski definition) is 7. The van der Waals surface area contributed by atoms with Crippen LogP contribution in [0.4, 0.5) is 8.78 Å². The van der Waals surface area contributed by atoms with Crippen LogP contribution in [0.2, 0.25) is 0 Å². The van der Waals surface area contributed by atoms with E-state index in [-0.39, 0.29) is 56.2 Å². The average molecular weight is 974 g/mol. The standard InChI is InChI=1S/C51H62F2N5O10P/c1-3-33-18-22-35(23-19-33)49(63)56-27-11-9-16-43(45(59)28-32(2)48(62)58-44(47(55)61)17-8-10-26-54)57-50(64)36(29-34-20-24-37(25-21-34)51(52,53)69(65,66)67)30-46(60)68-31-42-40-14-6-4-12-38(40)39-13-5-7-15-41(39)42/h4-7,12-15,18-25,32,36,42-44H,3,8-11,16-17,26-31,54H2,1-2H3,(H2,55,61)(H,56,63)(H,57,64)(H,58,62)(H2,65,66,67). The van der Waals surface area contributed by atoms with Gasteiger partial charge >= 0.3 is 19.2 Å². The van der Waals surface area contributed by atoms with Gasteiger partial charge in [0.1, 0.15) is 12.6 Å². The van der Waals surface area contributed by atoms with E-state index >= 15 is 0 Å². The number of fused-ring (bicyclic) bond motifs is 3. The molecule has 0 aliphatic heterocycles. The molecular formula is C51H62F2N5O10P. The molecule has 1 aliphatic rings. The van der Waals surface area contributed by atoms with Crippen LogP contribution in [0, 0.1) is 11.8 Å². The van der Waals surface area contributed by atoms with Crippen LogP contribution in [0.25, 0.3) is 11.1 Å². The molecule has 0 aromatic heterocycles. The SMILES string of the molecule is CCc1ccc(C(=O)NCCCCC(NC(=O)C(CC(=O)OCC2c3ccccc3-c3ccccc32)Cc2ccc(C(F)(F)P(=O)(O)O)cc2)C(=O)CC(C)C(=O)NC(CCCCN)C(N)=O)cc1.